The molecule has 192 valence electrons. The number of rotatable bonds is 7. The van der Waals surface area contributed by atoms with E-state index in [1.165, 1.54) is 16.0 Å². The van der Waals surface area contributed by atoms with Crippen molar-refractivity contribution in [2.75, 3.05) is 38.3 Å². The van der Waals surface area contributed by atoms with Gasteiger partial charge in [0.2, 0.25) is 10.0 Å². The van der Waals surface area contributed by atoms with Crippen molar-refractivity contribution in [1.29, 1.82) is 0 Å². The van der Waals surface area contributed by atoms with E-state index in [0.29, 0.717) is 11.4 Å². The summed E-state index contributed by atoms with van der Waals surface area (Å²) in [5.74, 6) is -0.916. The lowest BCUT2D eigenvalue weighted by molar-refractivity contribution is 0.0389. The van der Waals surface area contributed by atoms with Crippen LogP contribution in [-0.2, 0) is 17.1 Å². The quantitative estimate of drug-likeness (QED) is 0.573. The minimum Gasteiger partial charge on any atom is -0.486 e. The molecule has 1 aromatic carbocycles. The van der Waals surface area contributed by atoms with Gasteiger partial charge in [-0.2, -0.15) is 5.10 Å². The second-order valence-corrected chi connectivity index (χ2v) is 11.2. The highest BCUT2D eigenvalue weighted by molar-refractivity contribution is 7.88. The monoisotopic (exact) mass is 507 g/mol. The molecular weight excluding hydrogens is 474 g/mol. The maximum absolute atomic E-state index is 13.5. The van der Waals surface area contributed by atoms with Gasteiger partial charge in [0.15, 0.2) is 5.75 Å². The minimum absolute atomic E-state index is 0.0399. The molecule has 1 aromatic heterocycles. The highest BCUT2D eigenvalue weighted by Crippen LogP contribution is 2.35. The highest BCUT2D eigenvalue weighted by atomic mass is 32.2. The zero-order chi connectivity index (χ0) is 26.1. The lowest BCUT2D eigenvalue weighted by Crippen LogP contribution is -2.50. The largest absolute Gasteiger partial charge is 0.486 e. The summed E-state index contributed by atoms with van der Waals surface area (Å²) in [7, 11) is -0.365. The molecule has 12 heteroatoms. The van der Waals surface area contributed by atoms with Crippen molar-refractivity contribution in [2.45, 2.75) is 32.9 Å². The van der Waals surface area contributed by atoms with E-state index in [9.17, 15) is 23.1 Å². The van der Waals surface area contributed by atoms with Crippen LogP contribution < -0.4 is 10.1 Å². The number of amides is 2. The van der Waals surface area contributed by atoms with Gasteiger partial charge in [0.05, 0.1) is 42.4 Å². The summed E-state index contributed by atoms with van der Waals surface area (Å²) in [6.45, 7) is 5.43. The number of ether oxygens (including phenoxy) is 1. The minimum atomic E-state index is -3.48. The number of nitrogens with zero attached hydrogens (tertiary/aromatic N) is 4. The third-order valence-electron chi connectivity index (χ3n) is 6.18. The number of sulfonamides is 1. The summed E-state index contributed by atoms with van der Waals surface area (Å²) < 4.78 is 33.1. The van der Waals surface area contributed by atoms with Crippen LogP contribution in [0.3, 0.4) is 0 Å². The molecule has 0 unspecified atom stereocenters. The average molecular weight is 508 g/mol. The summed E-state index contributed by atoms with van der Waals surface area (Å²) in [5.41, 5.74) is 1.49. The van der Waals surface area contributed by atoms with E-state index in [4.69, 9.17) is 4.74 Å². The fraction of sp³-hybridized carbons (Fsp3) is 0.522. The number of carbonyl (C=O) groups is 2. The molecule has 0 saturated carbocycles. The van der Waals surface area contributed by atoms with E-state index in [-0.39, 0.29) is 48.5 Å². The molecule has 0 radical (unpaired) electrons. The number of aliphatic hydroxyl groups is 1. The van der Waals surface area contributed by atoms with Crippen LogP contribution in [0.1, 0.15) is 40.4 Å². The van der Waals surface area contributed by atoms with Gasteiger partial charge in [-0.15, -0.1) is 0 Å². The van der Waals surface area contributed by atoms with E-state index >= 15 is 0 Å². The first-order valence-electron chi connectivity index (χ1n) is 11.3. The van der Waals surface area contributed by atoms with Crippen molar-refractivity contribution in [3.05, 3.63) is 41.2 Å². The van der Waals surface area contributed by atoms with Gasteiger partial charge in [0, 0.05) is 26.6 Å². The number of hydrogen-bond donors (Lipinski definition) is 2. The van der Waals surface area contributed by atoms with Crippen LogP contribution in [0.2, 0.25) is 0 Å². The Balaban J connectivity index is 2.07. The van der Waals surface area contributed by atoms with Crippen molar-refractivity contribution in [3.63, 3.8) is 0 Å². The fourth-order valence-electron chi connectivity index (χ4n) is 3.96. The third kappa shape index (κ3) is 5.82. The number of aromatic nitrogens is 2. The zero-order valence-electron chi connectivity index (χ0n) is 20.8. The van der Waals surface area contributed by atoms with Crippen molar-refractivity contribution in [1.82, 2.24) is 19.0 Å². The van der Waals surface area contributed by atoms with Crippen LogP contribution in [0, 0.1) is 12.8 Å². The molecule has 35 heavy (non-hydrogen) atoms. The molecule has 2 amide bonds. The Morgan fingerprint density at radius 3 is 2.66 bits per heavy atom. The topological polar surface area (TPSA) is 134 Å². The standard InChI is InChI=1S/C23H33N5O6S/c1-14-11-28(16(3)13-29)23(31)17-8-7-9-18(24-22(30)19-10-15(2)25-27(19)5)21(17)34-20(14)12-26(4)35(6,32)33/h7-10,14,16,20,29H,11-13H2,1-6H3,(H,24,30)/t14-,16+,20-/m0/s1. The molecule has 0 spiro atoms. The molecule has 1 aliphatic heterocycles. The molecule has 2 aromatic rings. The van der Waals surface area contributed by atoms with Gasteiger partial charge in [-0.05, 0) is 32.0 Å². The van der Waals surface area contributed by atoms with Crippen LogP contribution >= 0.6 is 0 Å². The summed E-state index contributed by atoms with van der Waals surface area (Å²) in [6, 6.07) is 6.02. The SMILES string of the molecule is Cc1cc(C(=O)Nc2cccc3c2O[C@@H](CN(C)S(C)(=O)=O)[C@@H](C)CN([C@H](C)CO)C3=O)n(C)n1. The van der Waals surface area contributed by atoms with Crippen molar-refractivity contribution in [2.24, 2.45) is 13.0 Å². The number of fused-ring (bicyclic) bond motifs is 1. The van der Waals surface area contributed by atoms with Crippen LogP contribution in [0.5, 0.6) is 5.75 Å². The lowest BCUT2D eigenvalue weighted by atomic mass is 9.99. The van der Waals surface area contributed by atoms with Gasteiger partial charge in [-0.25, -0.2) is 12.7 Å². The molecule has 3 atom stereocenters. The maximum atomic E-state index is 13.5. The molecule has 2 N–H and O–H groups in total. The molecule has 2 heterocycles. The lowest BCUT2D eigenvalue weighted by Gasteiger charge is -2.38. The molecule has 0 aliphatic carbocycles. The molecular formula is C23H33N5O6S. The number of para-hydroxylation sites is 1. The van der Waals surface area contributed by atoms with Crippen LogP contribution in [0.15, 0.2) is 24.3 Å². The Bertz CT molecular complexity index is 1210. The normalized spacial score (nSPS) is 19.5. The van der Waals surface area contributed by atoms with Crippen molar-refractivity contribution < 1.29 is 27.9 Å². The zero-order valence-corrected chi connectivity index (χ0v) is 21.7. The number of aryl methyl sites for hydroxylation is 2. The first kappa shape index (κ1) is 26.6. The number of nitrogens with one attached hydrogen (secondary N) is 1. The van der Waals surface area contributed by atoms with Gasteiger partial charge >= 0.3 is 0 Å². The van der Waals surface area contributed by atoms with Gasteiger partial charge in [-0.3, -0.25) is 14.3 Å². The Hall–Kier alpha value is -2.96. The Kier molecular flexibility index (Phi) is 7.87. The Labute approximate surface area is 205 Å². The Morgan fingerprint density at radius 1 is 1.40 bits per heavy atom. The average Bonchev–Trinajstić information content (AvgIpc) is 3.13. The summed E-state index contributed by atoms with van der Waals surface area (Å²) >= 11 is 0. The number of aliphatic hydroxyl groups excluding tert-OH is 1. The van der Waals surface area contributed by atoms with Crippen molar-refractivity contribution >= 4 is 27.5 Å². The summed E-state index contributed by atoms with van der Waals surface area (Å²) in [4.78, 5) is 28.0. The first-order chi connectivity index (χ1) is 16.3. The number of likely N-dealkylation sites (N-methyl/N-ethyl adjacent to an activating group) is 1. The van der Waals surface area contributed by atoms with E-state index in [1.54, 1.807) is 50.1 Å². The fourth-order valence-corrected chi connectivity index (χ4v) is 4.38. The molecule has 11 nitrogen and oxygen atoms in total. The van der Waals surface area contributed by atoms with Gasteiger partial charge < -0.3 is 20.1 Å². The van der Waals surface area contributed by atoms with Crippen LogP contribution in [0.4, 0.5) is 5.69 Å². The molecule has 0 fully saturated rings. The van der Waals surface area contributed by atoms with Crippen LogP contribution in [-0.4, -0.2) is 89.5 Å². The third-order valence-corrected chi connectivity index (χ3v) is 7.46. The summed E-state index contributed by atoms with van der Waals surface area (Å²) in [5, 5.41) is 16.8. The maximum Gasteiger partial charge on any atom is 0.274 e. The number of anilines is 1. The highest BCUT2D eigenvalue weighted by Gasteiger charge is 2.35. The first-order valence-corrected chi connectivity index (χ1v) is 13.1. The molecule has 0 saturated heterocycles. The number of hydrogen-bond acceptors (Lipinski definition) is 7. The second kappa shape index (κ2) is 10.3. The smallest absolute Gasteiger partial charge is 0.274 e. The molecule has 0 bridgehead atoms. The van der Waals surface area contributed by atoms with Gasteiger partial charge in [0.25, 0.3) is 11.8 Å². The van der Waals surface area contributed by atoms with E-state index in [1.807, 2.05) is 6.92 Å². The van der Waals surface area contributed by atoms with E-state index in [0.717, 1.165) is 6.26 Å². The van der Waals surface area contributed by atoms with Gasteiger partial charge in [0.1, 0.15) is 11.8 Å². The van der Waals surface area contributed by atoms with E-state index < -0.39 is 28.1 Å². The second-order valence-electron chi connectivity index (χ2n) is 9.10. The molecule has 1 aliphatic rings. The predicted octanol–water partition coefficient (Wildman–Crippen LogP) is 1.09. The molecule has 3 rings (SSSR count). The van der Waals surface area contributed by atoms with E-state index in [2.05, 4.69) is 10.4 Å². The van der Waals surface area contributed by atoms with Crippen LogP contribution in [0.25, 0.3) is 0 Å². The number of benzene rings is 1. The summed E-state index contributed by atoms with van der Waals surface area (Å²) in [6.07, 6.45) is 0.478. The van der Waals surface area contributed by atoms with Crippen molar-refractivity contribution in [3.8, 4) is 5.75 Å². The van der Waals surface area contributed by atoms with Gasteiger partial charge in [-0.1, -0.05) is 13.0 Å². The Morgan fingerprint density at radius 2 is 2.09 bits per heavy atom. The number of carbonyl (C=O) groups excluding carboxylic acids is 2. The predicted molar refractivity (Wildman–Crippen MR) is 131 cm³/mol.